The van der Waals surface area contributed by atoms with Gasteiger partial charge < -0.3 is 9.84 Å². The van der Waals surface area contributed by atoms with Crippen LogP contribution in [0.2, 0.25) is 0 Å². The van der Waals surface area contributed by atoms with Crippen LogP contribution in [0, 0.1) is 0 Å². The van der Waals surface area contributed by atoms with Crippen LogP contribution < -0.4 is 0 Å². The molecule has 7 heteroatoms. The number of aliphatic hydroxyl groups is 1. The highest BCUT2D eigenvalue weighted by atomic mass is 32.2. The molecule has 0 bridgehead atoms. The van der Waals surface area contributed by atoms with Gasteiger partial charge in [-0.15, -0.1) is 0 Å². The Balaban J connectivity index is 1.96. The van der Waals surface area contributed by atoms with Crippen molar-refractivity contribution in [2.24, 2.45) is 0 Å². The molecule has 0 radical (unpaired) electrons. The van der Waals surface area contributed by atoms with Gasteiger partial charge >= 0.3 is 5.97 Å². The summed E-state index contributed by atoms with van der Waals surface area (Å²) in [6.45, 7) is -0.0218. The summed E-state index contributed by atoms with van der Waals surface area (Å²) in [5, 5.41) is 10.4. The number of likely N-dealkylation sites (N-methyl/N-ethyl adjacent to an activating group) is 1. The first-order valence-corrected chi connectivity index (χ1v) is 8.59. The van der Waals surface area contributed by atoms with Crippen LogP contribution in [-0.4, -0.2) is 30.8 Å². The number of aliphatic hydroxyl groups excluding tert-OH is 1. The van der Waals surface area contributed by atoms with E-state index in [2.05, 4.69) is 0 Å². The van der Waals surface area contributed by atoms with E-state index in [0.29, 0.717) is 0 Å². The minimum absolute atomic E-state index is 0.0218. The van der Waals surface area contributed by atoms with Crippen molar-refractivity contribution in [1.82, 2.24) is 4.31 Å². The zero-order valence-electron chi connectivity index (χ0n) is 12.8. The fraction of sp³-hybridized carbons (Fsp3) is 0.118. The fourth-order valence-corrected chi connectivity index (χ4v) is 3.84. The molecule has 0 aromatic heterocycles. The molecule has 3 rings (SSSR count). The van der Waals surface area contributed by atoms with Crippen LogP contribution >= 0.6 is 0 Å². The normalized spacial score (nSPS) is 15.8. The zero-order valence-corrected chi connectivity index (χ0v) is 13.7. The molecule has 24 heavy (non-hydrogen) atoms. The van der Waals surface area contributed by atoms with Gasteiger partial charge in [-0.2, -0.15) is 0 Å². The minimum Gasteiger partial charge on any atom is -0.505 e. The Kier molecular flexibility index (Phi) is 4.02. The molecule has 0 unspecified atom stereocenters. The third-order valence-electron chi connectivity index (χ3n) is 3.73. The van der Waals surface area contributed by atoms with Gasteiger partial charge in [0, 0.05) is 12.6 Å². The first-order chi connectivity index (χ1) is 11.4. The molecule has 2 aromatic carbocycles. The second kappa shape index (κ2) is 6.01. The van der Waals surface area contributed by atoms with Crippen molar-refractivity contribution in [2.75, 3.05) is 7.05 Å². The van der Waals surface area contributed by atoms with Crippen molar-refractivity contribution < 1.29 is 23.1 Å². The molecule has 124 valence electrons. The average Bonchev–Trinajstić information content (AvgIpc) is 2.60. The van der Waals surface area contributed by atoms with Crippen molar-refractivity contribution in [2.45, 2.75) is 11.5 Å². The first-order valence-electron chi connectivity index (χ1n) is 7.15. The number of carbonyl (C=O) groups is 1. The van der Waals surface area contributed by atoms with Gasteiger partial charge in [0.15, 0.2) is 11.5 Å². The zero-order chi connectivity index (χ0) is 17.3. The standard InChI is InChI=1S/C17H15NO5S/c1-18-15(17(20)23-11-12-7-3-2-4-8-12)16(19)13-9-5-6-10-14(13)24(18,21)22/h2-10,19H,11H2,1H3. The molecule has 2 aromatic rings. The fourth-order valence-electron chi connectivity index (χ4n) is 2.45. The summed E-state index contributed by atoms with van der Waals surface area (Å²) in [4.78, 5) is 12.3. The van der Waals surface area contributed by atoms with Crippen molar-refractivity contribution in [3.63, 3.8) is 0 Å². The minimum atomic E-state index is -3.92. The number of rotatable bonds is 3. The highest BCUT2D eigenvalue weighted by molar-refractivity contribution is 7.89. The number of benzene rings is 2. The van der Waals surface area contributed by atoms with Crippen LogP contribution in [0.15, 0.2) is 65.2 Å². The third-order valence-corrected chi connectivity index (χ3v) is 5.54. The molecule has 0 aliphatic carbocycles. The smallest absolute Gasteiger partial charge is 0.359 e. The van der Waals surface area contributed by atoms with Gasteiger partial charge in [-0.05, 0) is 17.7 Å². The van der Waals surface area contributed by atoms with E-state index in [1.807, 2.05) is 6.07 Å². The molecule has 6 nitrogen and oxygen atoms in total. The molecule has 0 spiro atoms. The van der Waals surface area contributed by atoms with Gasteiger partial charge in [0.05, 0.1) is 4.90 Å². The van der Waals surface area contributed by atoms with Crippen LogP contribution in [0.3, 0.4) is 0 Å². The number of esters is 1. The lowest BCUT2D eigenvalue weighted by atomic mass is 10.1. The van der Waals surface area contributed by atoms with E-state index in [1.165, 1.54) is 19.2 Å². The summed E-state index contributed by atoms with van der Waals surface area (Å²) >= 11 is 0. The Labute approximate surface area is 139 Å². The lowest BCUT2D eigenvalue weighted by molar-refractivity contribution is -0.141. The quantitative estimate of drug-likeness (QED) is 0.863. The van der Waals surface area contributed by atoms with Crippen molar-refractivity contribution in [3.05, 3.63) is 71.4 Å². The van der Waals surface area contributed by atoms with Crippen molar-refractivity contribution in [3.8, 4) is 0 Å². The Bertz CT molecular complexity index is 919. The second-order valence-electron chi connectivity index (χ2n) is 5.23. The molecule has 0 saturated carbocycles. The number of fused-ring (bicyclic) bond motifs is 1. The van der Waals surface area contributed by atoms with Crippen molar-refractivity contribution in [1.29, 1.82) is 0 Å². The van der Waals surface area contributed by atoms with E-state index in [-0.39, 0.29) is 17.1 Å². The number of nitrogens with zero attached hydrogens (tertiary/aromatic N) is 1. The maximum absolute atomic E-state index is 12.5. The van der Waals surface area contributed by atoms with Crippen LogP contribution in [-0.2, 0) is 26.2 Å². The molecule has 1 aliphatic rings. The molecular weight excluding hydrogens is 330 g/mol. The Morgan fingerprint density at radius 3 is 2.42 bits per heavy atom. The van der Waals surface area contributed by atoms with E-state index >= 15 is 0 Å². The van der Waals surface area contributed by atoms with Crippen LogP contribution in [0.4, 0.5) is 0 Å². The summed E-state index contributed by atoms with van der Waals surface area (Å²) in [5.74, 6) is -1.32. The lowest BCUT2D eigenvalue weighted by Gasteiger charge is -2.27. The van der Waals surface area contributed by atoms with Crippen molar-refractivity contribution >= 4 is 21.8 Å². The van der Waals surface area contributed by atoms with Gasteiger partial charge in [-0.1, -0.05) is 42.5 Å². The predicted octanol–water partition coefficient (Wildman–Crippen LogP) is 2.29. The average molecular weight is 345 g/mol. The summed E-state index contributed by atoms with van der Waals surface area (Å²) in [5.41, 5.74) is 0.444. The van der Waals surface area contributed by atoms with Crippen LogP contribution in [0.5, 0.6) is 0 Å². The summed E-state index contributed by atoms with van der Waals surface area (Å²) in [7, 11) is -2.71. The number of sulfonamides is 1. The molecule has 0 atom stereocenters. The number of hydrogen-bond donors (Lipinski definition) is 1. The Morgan fingerprint density at radius 2 is 1.71 bits per heavy atom. The summed E-state index contributed by atoms with van der Waals surface area (Å²) < 4.78 is 30.9. The molecule has 1 heterocycles. The molecule has 1 N–H and O–H groups in total. The lowest BCUT2D eigenvalue weighted by Crippen LogP contribution is -2.35. The Morgan fingerprint density at radius 1 is 1.08 bits per heavy atom. The Hall–Kier alpha value is -2.80. The van der Waals surface area contributed by atoms with Gasteiger partial charge in [0.2, 0.25) is 0 Å². The third kappa shape index (κ3) is 2.63. The van der Waals surface area contributed by atoms with Gasteiger partial charge in [-0.3, -0.25) is 4.31 Å². The summed E-state index contributed by atoms with van der Waals surface area (Å²) in [6.07, 6.45) is 0. The van der Waals surface area contributed by atoms with Gasteiger partial charge in [0.1, 0.15) is 6.61 Å². The molecule has 0 amide bonds. The monoisotopic (exact) mass is 345 g/mol. The first kappa shape index (κ1) is 16.1. The van der Waals surface area contributed by atoms with Gasteiger partial charge in [0.25, 0.3) is 10.0 Å². The van der Waals surface area contributed by atoms with E-state index in [0.717, 1.165) is 9.87 Å². The maximum Gasteiger partial charge on any atom is 0.359 e. The number of ether oxygens (including phenoxy) is 1. The highest BCUT2D eigenvalue weighted by Gasteiger charge is 2.38. The number of hydrogen-bond acceptors (Lipinski definition) is 5. The molecule has 0 saturated heterocycles. The van der Waals surface area contributed by atoms with Gasteiger partial charge in [-0.25, -0.2) is 13.2 Å². The maximum atomic E-state index is 12.5. The van der Waals surface area contributed by atoms with E-state index in [9.17, 15) is 18.3 Å². The van der Waals surface area contributed by atoms with Crippen LogP contribution in [0.25, 0.3) is 5.76 Å². The summed E-state index contributed by atoms with van der Waals surface area (Å²) in [6, 6.07) is 14.9. The molecule has 0 fully saturated rings. The van der Waals surface area contributed by atoms with E-state index in [1.54, 1.807) is 36.4 Å². The SMILES string of the molecule is CN1C(C(=O)OCc2ccccc2)=C(O)c2ccccc2S1(=O)=O. The molecular formula is C17H15NO5S. The van der Waals surface area contributed by atoms with E-state index < -0.39 is 27.4 Å². The van der Waals surface area contributed by atoms with Crippen LogP contribution in [0.1, 0.15) is 11.1 Å². The predicted molar refractivity (Wildman–Crippen MR) is 87.2 cm³/mol. The number of carbonyl (C=O) groups excluding carboxylic acids is 1. The topological polar surface area (TPSA) is 83.9 Å². The molecule has 1 aliphatic heterocycles. The second-order valence-corrected chi connectivity index (χ2v) is 7.17. The largest absolute Gasteiger partial charge is 0.505 e. The van der Waals surface area contributed by atoms with E-state index in [4.69, 9.17) is 4.74 Å². The highest BCUT2D eigenvalue weighted by Crippen LogP contribution is 2.34.